The Morgan fingerprint density at radius 3 is 2.71 bits per heavy atom. The molecule has 0 fully saturated rings. The maximum atomic E-state index is 13.0. The molecule has 0 spiro atoms. The normalized spacial score (nSPS) is 12.1. The molecule has 0 saturated carbocycles. The molecule has 6 rings (SSSR count). The van der Waals surface area contributed by atoms with Gasteiger partial charge in [-0.25, -0.2) is 0 Å². The summed E-state index contributed by atoms with van der Waals surface area (Å²) in [6.07, 6.45) is 10.4. The Morgan fingerprint density at radius 1 is 1.00 bits per heavy atom. The van der Waals surface area contributed by atoms with E-state index < -0.39 is 0 Å². The number of anilines is 3. The van der Waals surface area contributed by atoms with Crippen molar-refractivity contribution in [3.8, 4) is 17.0 Å². The first kappa shape index (κ1) is 26.3. The molecule has 1 aliphatic rings. The molecule has 0 aliphatic carbocycles. The number of rotatable bonds is 9. The van der Waals surface area contributed by atoms with E-state index >= 15 is 0 Å². The van der Waals surface area contributed by atoms with Crippen LogP contribution in [0.2, 0.25) is 0 Å². The Kier molecular flexibility index (Phi) is 7.73. The first-order valence-electron chi connectivity index (χ1n) is 13.6. The summed E-state index contributed by atoms with van der Waals surface area (Å²) in [6.45, 7) is 1.20. The fraction of sp³-hybridized carbons (Fsp3) is 0.182. The number of nitrogens with zero attached hydrogens (tertiary/aromatic N) is 3. The molecule has 0 bridgehead atoms. The smallest absolute Gasteiger partial charge is 0.262 e. The molecule has 0 atom stereocenters. The molecule has 1 aliphatic heterocycles. The molecule has 0 unspecified atom stereocenters. The second-order valence-electron chi connectivity index (χ2n) is 10.2. The number of carbonyl (C=O) groups excluding carboxylic acids is 1. The van der Waals surface area contributed by atoms with Gasteiger partial charge in [-0.2, -0.15) is 0 Å². The number of aryl methyl sites for hydroxylation is 2. The number of ether oxygens (including phenoxy) is 1. The quantitative estimate of drug-likeness (QED) is 0.227. The van der Waals surface area contributed by atoms with Crippen LogP contribution in [0.3, 0.4) is 0 Å². The molecule has 3 aromatic carbocycles. The van der Waals surface area contributed by atoms with Crippen LogP contribution in [0.5, 0.6) is 5.75 Å². The summed E-state index contributed by atoms with van der Waals surface area (Å²) in [5.41, 5.74) is 9.09. The van der Waals surface area contributed by atoms with E-state index in [2.05, 4.69) is 49.8 Å². The Bertz CT molecular complexity index is 1640. The summed E-state index contributed by atoms with van der Waals surface area (Å²) >= 11 is 0. The van der Waals surface area contributed by atoms with Crippen LogP contribution in [0, 0.1) is 0 Å². The van der Waals surface area contributed by atoms with E-state index in [1.54, 1.807) is 31.1 Å². The minimum absolute atomic E-state index is 0.115. The monoisotopic (exact) mass is 545 g/mol. The van der Waals surface area contributed by atoms with Gasteiger partial charge in [0.2, 0.25) is 0 Å². The minimum Gasteiger partial charge on any atom is -0.483 e. The van der Waals surface area contributed by atoms with Crippen LogP contribution in [-0.4, -0.2) is 34.4 Å². The second-order valence-corrected chi connectivity index (χ2v) is 10.2. The van der Waals surface area contributed by atoms with Crippen molar-refractivity contribution in [2.45, 2.75) is 25.9 Å². The highest BCUT2D eigenvalue weighted by Crippen LogP contribution is 2.32. The van der Waals surface area contributed by atoms with Gasteiger partial charge in [-0.05, 0) is 73.5 Å². The molecular formula is C33H31N5O3. The van der Waals surface area contributed by atoms with Crippen molar-refractivity contribution in [3.05, 3.63) is 120 Å². The van der Waals surface area contributed by atoms with Crippen molar-refractivity contribution >= 4 is 23.0 Å². The molecule has 8 nitrogen and oxygen atoms in total. The van der Waals surface area contributed by atoms with Crippen molar-refractivity contribution in [1.82, 2.24) is 14.9 Å². The molecular weight excluding hydrogens is 514 g/mol. The number of fused-ring (bicyclic) bond motifs is 2. The van der Waals surface area contributed by atoms with E-state index in [0.29, 0.717) is 18.8 Å². The van der Waals surface area contributed by atoms with Crippen LogP contribution < -0.4 is 15.4 Å². The summed E-state index contributed by atoms with van der Waals surface area (Å²) in [7, 11) is 2.03. The van der Waals surface area contributed by atoms with Crippen molar-refractivity contribution in [2.75, 3.05) is 24.3 Å². The van der Waals surface area contributed by atoms with Crippen LogP contribution in [0.25, 0.3) is 11.3 Å². The summed E-state index contributed by atoms with van der Waals surface area (Å²) in [4.78, 5) is 23.7. The Hall–Kier alpha value is -4.95. The van der Waals surface area contributed by atoms with E-state index in [4.69, 9.17) is 9.15 Å². The standard InChI is InChI=1S/C33H31N5O3/c1-38(19-23-12-15-40-21-23)20-27-16-26(31-18-34-13-14-35-31)9-11-32(27)41-22-33(39)36-28-10-8-25-7-6-24-4-2-3-5-29(24)37-30(25)17-28/h2-5,8-18,21,37H,6-7,19-20,22H2,1H3,(H,36,39). The molecule has 206 valence electrons. The van der Waals surface area contributed by atoms with Crippen LogP contribution in [0.15, 0.2) is 102 Å². The van der Waals surface area contributed by atoms with Gasteiger partial charge in [0.1, 0.15) is 5.75 Å². The average Bonchev–Trinajstić information content (AvgIpc) is 3.42. The van der Waals surface area contributed by atoms with Gasteiger partial charge in [-0.1, -0.05) is 24.3 Å². The first-order chi connectivity index (χ1) is 20.1. The molecule has 2 aromatic heterocycles. The lowest BCUT2D eigenvalue weighted by Gasteiger charge is -2.19. The number of carbonyl (C=O) groups is 1. The molecule has 0 radical (unpaired) electrons. The SMILES string of the molecule is CN(Cc1ccoc1)Cc1cc(-c2cnccn2)ccc1OCC(=O)Nc1ccc2c(c1)Nc1ccccc1CC2. The van der Waals surface area contributed by atoms with E-state index in [1.807, 2.05) is 49.5 Å². The van der Waals surface area contributed by atoms with Crippen molar-refractivity contribution in [1.29, 1.82) is 0 Å². The van der Waals surface area contributed by atoms with E-state index in [9.17, 15) is 4.79 Å². The second kappa shape index (κ2) is 12.1. The predicted octanol–water partition coefficient (Wildman–Crippen LogP) is 6.23. The topological polar surface area (TPSA) is 92.5 Å². The number of hydrogen-bond acceptors (Lipinski definition) is 7. The summed E-state index contributed by atoms with van der Waals surface area (Å²) < 4.78 is 11.3. The van der Waals surface area contributed by atoms with Gasteiger partial charge < -0.3 is 19.8 Å². The van der Waals surface area contributed by atoms with Crippen molar-refractivity contribution < 1.29 is 13.9 Å². The van der Waals surface area contributed by atoms with Gasteiger partial charge in [-0.3, -0.25) is 19.7 Å². The van der Waals surface area contributed by atoms with Crippen molar-refractivity contribution in [3.63, 3.8) is 0 Å². The highest BCUT2D eigenvalue weighted by atomic mass is 16.5. The number of aromatic nitrogens is 2. The zero-order chi connectivity index (χ0) is 28.0. The zero-order valence-electron chi connectivity index (χ0n) is 22.8. The lowest BCUT2D eigenvalue weighted by atomic mass is 10.0. The summed E-state index contributed by atoms with van der Waals surface area (Å²) in [5, 5.41) is 6.52. The Labute approximate surface area is 239 Å². The molecule has 0 saturated heterocycles. The number of para-hydroxylation sites is 1. The fourth-order valence-corrected chi connectivity index (χ4v) is 5.10. The third kappa shape index (κ3) is 6.45. The van der Waals surface area contributed by atoms with Crippen LogP contribution >= 0.6 is 0 Å². The maximum Gasteiger partial charge on any atom is 0.262 e. The third-order valence-electron chi connectivity index (χ3n) is 7.10. The Balaban J connectivity index is 1.15. The molecule has 5 aromatic rings. The van der Waals surface area contributed by atoms with Gasteiger partial charge >= 0.3 is 0 Å². The molecule has 8 heteroatoms. The van der Waals surface area contributed by atoms with E-state index in [-0.39, 0.29) is 12.5 Å². The molecule has 3 heterocycles. The van der Waals surface area contributed by atoms with E-state index in [1.165, 1.54) is 11.1 Å². The van der Waals surface area contributed by atoms with Gasteiger partial charge in [0, 0.05) is 59.2 Å². The highest BCUT2D eigenvalue weighted by molar-refractivity contribution is 5.92. The maximum absolute atomic E-state index is 13.0. The minimum atomic E-state index is -0.227. The highest BCUT2D eigenvalue weighted by Gasteiger charge is 2.15. The third-order valence-corrected chi connectivity index (χ3v) is 7.10. The van der Waals surface area contributed by atoms with Gasteiger partial charge in [0.05, 0.1) is 24.4 Å². The largest absolute Gasteiger partial charge is 0.483 e. The molecule has 41 heavy (non-hydrogen) atoms. The zero-order valence-corrected chi connectivity index (χ0v) is 22.8. The number of amides is 1. The first-order valence-corrected chi connectivity index (χ1v) is 13.6. The average molecular weight is 546 g/mol. The van der Waals surface area contributed by atoms with Crippen LogP contribution in [0.4, 0.5) is 17.1 Å². The van der Waals surface area contributed by atoms with Crippen LogP contribution in [-0.2, 0) is 30.7 Å². The van der Waals surface area contributed by atoms with Crippen molar-refractivity contribution in [2.24, 2.45) is 0 Å². The molecule has 1 amide bonds. The number of hydrogen-bond donors (Lipinski definition) is 2. The van der Waals surface area contributed by atoms with Crippen LogP contribution in [0.1, 0.15) is 22.3 Å². The van der Waals surface area contributed by atoms with E-state index in [0.717, 1.165) is 52.3 Å². The lowest BCUT2D eigenvalue weighted by Crippen LogP contribution is -2.22. The van der Waals surface area contributed by atoms with Gasteiger partial charge in [-0.15, -0.1) is 0 Å². The summed E-state index contributed by atoms with van der Waals surface area (Å²) in [6, 6.07) is 22.2. The van der Waals surface area contributed by atoms with Gasteiger partial charge in [0.15, 0.2) is 6.61 Å². The van der Waals surface area contributed by atoms with Gasteiger partial charge in [0.25, 0.3) is 5.91 Å². The number of benzene rings is 3. The summed E-state index contributed by atoms with van der Waals surface area (Å²) in [5.74, 6) is 0.418. The predicted molar refractivity (Wildman–Crippen MR) is 159 cm³/mol. The number of furan rings is 1. The lowest BCUT2D eigenvalue weighted by molar-refractivity contribution is -0.118. The fourth-order valence-electron chi connectivity index (χ4n) is 5.10. The molecule has 2 N–H and O–H groups in total. The number of nitrogens with one attached hydrogen (secondary N) is 2. The Morgan fingerprint density at radius 2 is 1.88 bits per heavy atom.